The summed E-state index contributed by atoms with van der Waals surface area (Å²) in [4.78, 5) is 0. The lowest BCUT2D eigenvalue weighted by molar-refractivity contribution is 0.763. The van der Waals surface area contributed by atoms with Gasteiger partial charge < -0.3 is 4.23 Å². The van der Waals surface area contributed by atoms with Crippen molar-refractivity contribution >= 4 is 22.4 Å². The first-order valence-electron chi connectivity index (χ1n) is 6.70. The molecule has 96 valence electrons. The first-order valence-corrected chi connectivity index (χ1v) is 12.4. The zero-order valence-electron chi connectivity index (χ0n) is 11.9. The van der Waals surface area contributed by atoms with Crippen LogP contribution in [-0.4, -0.2) is 21.4 Å². The standard InChI is InChI=1S/C15H23NSi2/c1-17(15-12-6-5-7-13-15)16(18(2,3)4)14-10-8-9-11-14/h5-10,12-13,17H,11H2,1-4H3. The van der Waals surface area contributed by atoms with Crippen molar-refractivity contribution in [2.75, 3.05) is 0 Å². The zero-order chi connectivity index (χ0) is 13.2. The highest BCUT2D eigenvalue weighted by molar-refractivity contribution is 6.87. The Hall–Kier alpha value is -1.07. The highest BCUT2D eigenvalue weighted by atomic mass is 28.4. The molecule has 2 rings (SSSR count). The summed E-state index contributed by atoms with van der Waals surface area (Å²) < 4.78 is 2.81. The molecule has 1 aromatic carbocycles. The molecule has 1 nitrogen and oxygen atoms in total. The molecule has 1 aromatic rings. The van der Waals surface area contributed by atoms with E-state index in [1.54, 1.807) is 5.19 Å². The Labute approximate surface area is 114 Å². The maximum Gasteiger partial charge on any atom is 0.160 e. The molecule has 1 aliphatic carbocycles. The van der Waals surface area contributed by atoms with Crippen LogP contribution < -0.4 is 5.19 Å². The van der Waals surface area contributed by atoms with Crippen LogP contribution in [0.3, 0.4) is 0 Å². The Bertz CT molecular complexity index is 457. The summed E-state index contributed by atoms with van der Waals surface area (Å²) in [6.07, 6.45) is 7.91. The number of hydrogen-bond donors (Lipinski definition) is 0. The van der Waals surface area contributed by atoms with Gasteiger partial charge in [-0.05, 0) is 11.3 Å². The largest absolute Gasteiger partial charge is 0.426 e. The molecule has 0 radical (unpaired) electrons. The van der Waals surface area contributed by atoms with Crippen molar-refractivity contribution in [1.29, 1.82) is 0 Å². The van der Waals surface area contributed by atoms with E-state index < -0.39 is 17.2 Å². The molecule has 0 saturated carbocycles. The van der Waals surface area contributed by atoms with E-state index in [4.69, 9.17) is 0 Å². The van der Waals surface area contributed by atoms with Gasteiger partial charge >= 0.3 is 0 Å². The second-order valence-electron chi connectivity index (χ2n) is 5.92. The van der Waals surface area contributed by atoms with Gasteiger partial charge in [-0.25, -0.2) is 0 Å². The predicted octanol–water partition coefficient (Wildman–Crippen LogP) is 3.23. The fourth-order valence-electron chi connectivity index (χ4n) is 2.76. The molecule has 0 amide bonds. The third kappa shape index (κ3) is 2.84. The van der Waals surface area contributed by atoms with E-state index in [2.05, 4.69) is 79.0 Å². The predicted molar refractivity (Wildman–Crippen MR) is 86.1 cm³/mol. The van der Waals surface area contributed by atoms with Crippen LogP contribution in [0.1, 0.15) is 6.42 Å². The number of allylic oxidation sites excluding steroid dienone is 3. The van der Waals surface area contributed by atoms with E-state index in [0.29, 0.717) is 0 Å². The second kappa shape index (κ2) is 5.28. The molecule has 3 heteroatoms. The minimum atomic E-state index is -1.31. The zero-order valence-corrected chi connectivity index (χ0v) is 14.0. The summed E-state index contributed by atoms with van der Waals surface area (Å²) >= 11 is 0. The summed E-state index contributed by atoms with van der Waals surface area (Å²) in [5.74, 6) is 0. The fraction of sp³-hybridized carbons (Fsp3) is 0.333. The van der Waals surface area contributed by atoms with E-state index in [1.165, 1.54) is 5.70 Å². The van der Waals surface area contributed by atoms with Crippen molar-refractivity contribution in [2.45, 2.75) is 32.6 Å². The molecule has 0 saturated heterocycles. The lowest BCUT2D eigenvalue weighted by atomic mass is 10.4. The monoisotopic (exact) mass is 273 g/mol. The molecule has 0 spiro atoms. The van der Waals surface area contributed by atoms with Crippen molar-refractivity contribution < 1.29 is 0 Å². The molecule has 1 aliphatic rings. The average Bonchev–Trinajstić information content (AvgIpc) is 2.82. The summed E-state index contributed by atoms with van der Waals surface area (Å²) in [6.45, 7) is 9.84. The van der Waals surface area contributed by atoms with E-state index in [9.17, 15) is 0 Å². The quantitative estimate of drug-likeness (QED) is 0.761. The van der Waals surface area contributed by atoms with Gasteiger partial charge in [0, 0.05) is 12.1 Å². The number of nitrogens with zero attached hydrogens (tertiary/aromatic N) is 1. The van der Waals surface area contributed by atoms with Gasteiger partial charge in [-0.15, -0.1) is 0 Å². The molecule has 0 aliphatic heterocycles. The maximum absolute atomic E-state index is 2.81. The van der Waals surface area contributed by atoms with E-state index in [1.807, 2.05) is 0 Å². The Morgan fingerprint density at radius 1 is 1.11 bits per heavy atom. The van der Waals surface area contributed by atoms with Crippen molar-refractivity contribution in [2.24, 2.45) is 0 Å². The summed E-state index contributed by atoms with van der Waals surface area (Å²) in [5.41, 5.74) is 1.54. The molecule has 0 heterocycles. The van der Waals surface area contributed by atoms with Crippen molar-refractivity contribution in [3.8, 4) is 0 Å². The Kier molecular flexibility index (Phi) is 3.92. The van der Waals surface area contributed by atoms with E-state index in [0.717, 1.165) is 6.42 Å². The van der Waals surface area contributed by atoms with Crippen LogP contribution in [0.5, 0.6) is 0 Å². The van der Waals surface area contributed by atoms with Gasteiger partial charge in [0.15, 0.2) is 8.96 Å². The van der Waals surface area contributed by atoms with Crippen LogP contribution in [-0.2, 0) is 0 Å². The van der Waals surface area contributed by atoms with Gasteiger partial charge in [0.25, 0.3) is 0 Å². The SMILES string of the molecule is C[SiH](c1ccccc1)N(C1=CC=CC1)[Si](C)(C)C. The number of rotatable bonds is 4. The molecule has 1 atom stereocenters. The minimum absolute atomic E-state index is 1.07. The lowest BCUT2D eigenvalue weighted by Gasteiger charge is -2.42. The number of hydrogen-bond acceptors (Lipinski definition) is 1. The second-order valence-corrected chi connectivity index (χ2v) is 13.8. The molecule has 0 fully saturated rings. The van der Waals surface area contributed by atoms with Gasteiger partial charge in [-0.2, -0.15) is 0 Å². The van der Waals surface area contributed by atoms with Crippen LogP contribution in [0, 0.1) is 0 Å². The summed E-state index contributed by atoms with van der Waals surface area (Å²) in [7, 11) is -2.38. The van der Waals surface area contributed by atoms with Crippen LogP contribution in [0.2, 0.25) is 26.2 Å². The summed E-state index contributed by atoms with van der Waals surface area (Å²) in [6, 6.07) is 11.0. The minimum Gasteiger partial charge on any atom is -0.426 e. The molecule has 0 N–H and O–H groups in total. The average molecular weight is 274 g/mol. The van der Waals surface area contributed by atoms with Gasteiger partial charge in [0.1, 0.15) is 8.24 Å². The first kappa shape index (κ1) is 13.4. The van der Waals surface area contributed by atoms with Crippen molar-refractivity contribution in [1.82, 2.24) is 4.23 Å². The molecular formula is C15H23NSi2. The lowest BCUT2D eigenvalue weighted by Crippen LogP contribution is -2.57. The highest BCUT2D eigenvalue weighted by Gasteiger charge is 2.31. The fourth-order valence-corrected chi connectivity index (χ4v) is 10.6. The van der Waals surface area contributed by atoms with Crippen molar-refractivity contribution in [3.05, 3.63) is 54.3 Å². The van der Waals surface area contributed by atoms with Gasteiger partial charge in [0.05, 0.1) is 0 Å². The Balaban J connectivity index is 2.30. The van der Waals surface area contributed by atoms with Crippen LogP contribution in [0.15, 0.2) is 54.3 Å². The van der Waals surface area contributed by atoms with E-state index >= 15 is 0 Å². The summed E-state index contributed by atoms with van der Waals surface area (Å²) in [5, 5.41) is 1.55. The topological polar surface area (TPSA) is 3.24 Å². The molecule has 1 unspecified atom stereocenters. The maximum atomic E-state index is 2.81. The highest BCUT2D eigenvalue weighted by Crippen LogP contribution is 2.24. The third-order valence-corrected chi connectivity index (χ3v) is 11.1. The molecular weight excluding hydrogens is 250 g/mol. The van der Waals surface area contributed by atoms with Gasteiger partial charge in [0.2, 0.25) is 0 Å². The number of benzene rings is 1. The van der Waals surface area contributed by atoms with Crippen molar-refractivity contribution in [3.63, 3.8) is 0 Å². The molecule has 0 aromatic heterocycles. The smallest absolute Gasteiger partial charge is 0.160 e. The molecule has 0 bridgehead atoms. The van der Waals surface area contributed by atoms with Crippen LogP contribution in [0.25, 0.3) is 0 Å². The first-order chi connectivity index (χ1) is 8.50. The van der Waals surface area contributed by atoms with E-state index in [-0.39, 0.29) is 0 Å². The van der Waals surface area contributed by atoms with Gasteiger partial charge in [-0.3, -0.25) is 0 Å². The normalized spacial score (nSPS) is 16.6. The van der Waals surface area contributed by atoms with Gasteiger partial charge in [-0.1, -0.05) is 68.7 Å². The van der Waals surface area contributed by atoms with Crippen LogP contribution in [0.4, 0.5) is 0 Å². The molecule has 18 heavy (non-hydrogen) atoms. The Morgan fingerprint density at radius 2 is 1.78 bits per heavy atom. The third-order valence-electron chi connectivity index (χ3n) is 3.45. The van der Waals surface area contributed by atoms with Crippen LogP contribution >= 0.6 is 0 Å². The Morgan fingerprint density at radius 3 is 2.28 bits per heavy atom.